The van der Waals surface area contributed by atoms with E-state index in [0.29, 0.717) is 10.7 Å². The third-order valence-corrected chi connectivity index (χ3v) is 3.35. The molecule has 0 atom stereocenters. The second-order valence-corrected chi connectivity index (χ2v) is 5.27. The molecule has 80 valence electrons. The van der Waals surface area contributed by atoms with E-state index in [1.165, 1.54) is 11.3 Å². The summed E-state index contributed by atoms with van der Waals surface area (Å²) in [5, 5.41) is 12.9. The minimum absolute atomic E-state index is 0.611. The number of benzene rings is 1. The Kier molecular flexibility index (Phi) is 3.22. The highest BCUT2D eigenvalue weighted by Gasteiger charge is 2.08. The number of halogens is 1. The minimum Gasteiger partial charge on any atom is -0.338 e. The lowest BCUT2D eigenvalue weighted by molar-refractivity contribution is 1.28. The zero-order valence-electron chi connectivity index (χ0n) is 8.49. The second-order valence-electron chi connectivity index (χ2n) is 3.15. The molecule has 1 aromatic carbocycles. The predicted molar refractivity (Wildman–Crippen MR) is 69.0 cm³/mol. The van der Waals surface area contributed by atoms with Gasteiger partial charge in [0.15, 0.2) is 5.82 Å². The smallest absolute Gasteiger partial charge is 0.159 e. The van der Waals surface area contributed by atoms with Crippen molar-refractivity contribution in [2.75, 3.05) is 5.32 Å². The molecule has 0 aliphatic carbocycles. The molecule has 0 saturated heterocycles. The van der Waals surface area contributed by atoms with Crippen LogP contribution in [0.1, 0.15) is 9.88 Å². The summed E-state index contributed by atoms with van der Waals surface area (Å²) in [6, 6.07) is 9.87. The number of thiazole rings is 1. The topological polar surface area (TPSA) is 48.7 Å². The van der Waals surface area contributed by atoms with Gasteiger partial charge < -0.3 is 5.32 Å². The van der Waals surface area contributed by atoms with Crippen LogP contribution in [0.15, 0.2) is 28.7 Å². The Labute approximate surface area is 106 Å². The van der Waals surface area contributed by atoms with Gasteiger partial charge in [0.25, 0.3) is 0 Å². The molecule has 0 saturated carbocycles. The molecule has 0 bridgehead atoms. The van der Waals surface area contributed by atoms with Crippen LogP contribution in [0.2, 0.25) is 0 Å². The van der Waals surface area contributed by atoms with Crippen molar-refractivity contribution in [3.8, 4) is 6.07 Å². The van der Waals surface area contributed by atoms with Gasteiger partial charge in [0, 0.05) is 10.2 Å². The summed E-state index contributed by atoms with van der Waals surface area (Å²) in [6.07, 6.45) is 0. The molecule has 2 aromatic rings. The van der Waals surface area contributed by atoms with Crippen molar-refractivity contribution in [1.29, 1.82) is 5.26 Å². The van der Waals surface area contributed by atoms with Crippen LogP contribution in [-0.2, 0) is 0 Å². The predicted octanol–water partition coefficient (Wildman–Crippen LogP) is 3.83. The van der Waals surface area contributed by atoms with Crippen molar-refractivity contribution in [1.82, 2.24) is 4.98 Å². The molecule has 0 amide bonds. The molecule has 0 unspecified atom stereocenters. The van der Waals surface area contributed by atoms with E-state index in [1.807, 2.05) is 31.2 Å². The lowest BCUT2D eigenvalue weighted by Gasteiger charge is -2.02. The Bertz CT molecular complexity index is 539. The first kappa shape index (κ1) is 11.1. The van der Waals surface area contributed by atoms with Gasteiger partial charge in [-0.1, -0.05) is 15.9 Å². The Hall–Kier alpha value is -1.38. The highest BCUT2D eigenvalue weighted by molar-refractivity contribution is 9.10. The lowest BCUT2D eigenvalue weighted by Crippen LogP contribution is -1.92. The molecular formula is C11H8BrN3S. The molecule has 3 nitrogen and oxygen atoms in total. The van der Waals surface area contributed by atoms with E-state index in [9.17, 15) is 0 Å². The fourth-order valence-electron chi connectivity index (χ4n) is 1.26. The number of hydrogen-bond donors (Lipinski definition) is 1. The number of nitriles is 1. The van der Waals surface area contributed by atoms with E-state index in [1.54, 1.807) is 0 Å². The van der Waals surface area contributed by atoms with Gasteiger partial charge in [-0.15, -0.1) is 11.3 Å². The highest BCUT2D eigenvalue weighted by atomic mass is 79.9. The minimum atomic E-state index is 0.611. The van der Waals surface area contributed by atoms with Gasteiger partial charge in [-0.05, 0) is 31.2 Å². The zero-order valence-corrected chi connectivity index (χ0v) is 10.9. The van der Waals surface area contributed by atoms with E-state index in [0.717, 1.165) is 15.2 Å². The van der Waals surface area contributed by atoms with E-state index < -0.39 is 0 Å². The van der Waals surface area contributed by atoms with Gasteiger partial charge in [-0.25, -0.2) is 4.98 Å². The number of anilines is 2. The van der Waals surface area contributed by atoms with Crippen LogP contribution in [0.25, 0.3) is 0 Å². The number of rotatable bonds is 2. The molecule has 5 heteroatoms. The van der Waals surface area contributed by atoms with Gasteiger partial charge in [-0.2, -0.15) is 5.26 Å². The molecule has 1 aromatic heterocycles. The Balaban J connectivity index is 2.27. The Morgan fingerprint density at radius 3 is 2.69 bits per heavy atom. The molecule has 0 aliphatic rings. The van der Waals surface area contributed by atoms with Gasteiger partial charge >= 0.3 is 0 Å². The molecule has 1 N–H and O–H groups in total. The highest BCUT2D eigenvalue weighted by Crippen LogP contribution is 2.25. The summed E-state index contributed by atoms with van der Waals surface area (Å²) in [7, 11) is 0. The lowest BCUT2D eigenvalue weighted by atomic mass is 10.3. The van der Waals surface area contributed by atoms with Crippen molar-refractivity contribution in [2.24, 2.45) is 0 Å². The van der Waals surface area contributed by atoms with Crippen LogP contribution in [0.4, 0.5) is 11.5 Å². The molecular weight excluding hydrogens is 286 g/mol. The first-order valence-electron chi connectivity index (χ1n) is 4.59. The molecule has 16 heavy (non-hydrogen) atoms. The van der Waals surface area contributed by atoms with Crippen LogP contribution in [0, 0.1) is 18.3 Å². The fraction of sp³-hybridized carbons (Fsp3) is 0.0909. The zero-order chi connectivity index (χ0) is 11.5. The largest absolute Gasteiger partial charge is 0.338 e. The maximum atomic E-state index is 8.93. The second kappa shape index (κ2) is 4.64. The van der Waals surface area contributed by atoms with Crippen molar-refractivity contribution < 1.29 is 0 Å². The summed E-state index contributed by atoms with van der Waals surface area (Å²) in [6.45, 7) is 1.89. The van der Waals surface area contributed by atoms with Crippen molar-refractivity contribution in [2.45, 2.75) is 6.92 Å². The van der Waals surface area contributed by atoms with Crippen LogP contribution < -0.4 is 5.32 Å². The van der Waals surface area contributed by atoms with E-state index >= 15 is 0 Å². The summed E-state index contributed by atoms with van der Waals surface area (Å²) >= 11 is 4.76. The molecule has 1 heterocycles. The van der Waals surface area contributed by atoms with Crippen LogP contribution in [-0.4, -0.2) is 4.98 Å². The number of nitrogens with one attached hydrogen (secondary N) is 1. The van der Waals surface area contributed by atoms with Gasteiger partial charge in [0.2, 0.25) is 0 Å². The van der Waals surface area contributed by atoms with Crippen molar-refractivity contribution in [3.05, 3.63) is 38.6 Å². The quantitative estimate of drug-likeness (QED) is 0.915. The average Bonchev–Trinajstić information content (AvgIpc) is 2.62. The number of nitrogens with zero attached hydrogens (tertiary/aromatic N) is 2. The van der Waals surface area contributed by atoms with Crippen molar-refractivity contribution in [3.63, 3.8) is 0 Å². The Morgan fingerprint density at radius 2 is 2.06 bits per heavy atom. The summed E-state index contributed by atoms with van der Waals surface area (Å²) in [5.74, 6) is 0.632. The van der Waals surface area contributed by atoms with E-state index in [-0.39, 0.29) is 0 Å². The van der Waals surface area contributed by atoms with Gasteiger partial charge in [0.05, 0.1) is 5.01 Å². The number of aromatic nitrogens is 1. The summed E-state index contributed by atoms with van der Waals surface area (Å²) in [4.78, 5) is 4.88. The maximum absolute atomic E-state index is 8.93. The maximum Gasteiger partial charge on any atom is 0.159 e. The van der Waals surface area contributed by atoms with E-state index in [2.05, 4.69) is 32.3 Å². The SMILES string of the molecule is Cc1nc(Nc2ccc(Br)cc2)c(C#N)s1. The standard InChI is InChI=1S/C11H8BrN3S/c1-7-14-11(10(6-13)16-7)15-9-4-2-8(12)3-5-9/h2-5,15H,1H3. The molecule has 0 spiro atoms. The third-order valence-electron chi connectivity index (χ3n) is 1.94. The third kappa shape index (κ3) is 2.40. The molecule has 0 fully saturated rings. The number of aryl methyl sites for hydroxylation is 1. The van der Waals surface area contributed by atoms with Crippen LogP contribution >= 0.6 is 27.3 Å². The fourth-order valence-corrected chi connectivity index (χ4v) is 2.19. The van der Waals surface area contributed by atoms with Crippen LogP contribution in [0.3, 0.4) is 0 Å². The monoisotopic (exact) mass is 293 g/mol. The average molecular weight is 294 g/mol. The van der Waals surface area contributed by atoms with Gasteiger partial charge in [0.1, 0.15) is 10.9 Å². The Morgan fingerprint density at radius 1 is 1.38 bits per heavy atom. The molecule has 2 rings (SSSR count). The summed E-state index contributed by atoms with van der Waals surface area (Å²) < 4.78 is 1.02. The molecule has 0 radical (unpaired) electrons. The first-order chi connectivity index (χ1) is 7.69. The normalized spacial score (nSPS) is 9.81. The summed E-state index contributed by atoms with van der Waals surface area (Å²) in [5.41, 5.74) is 0.921. The van der Waals surface area contributed by atoms with E-state index in [4.69, 9.17) is 5.26 Å². The molecule has 0 aliphatic heterocycles. The van der Waals surface area contributed by atoms with Crippen molar-refractivity contribution >= 4 is 38.8 Å². The van der Waals surface area contributed by atoms with Gasteiger partial charge in [-0.3, -0.25) is 0 Å². The van der Waals surface area contributed by atoms with Crippen LogP contribution in [0.5, 0.6) is 0 Å². The number of hydrogen-bond acceptors (Lipinski definition) is 4. The first-order valence-corrected chi connectivity index (χ1v) is 6.20.